The lowest BCUT2D eigenvalue weighted by atomic mass is 9.65. The van der Waals surface area contributed by atoms with Gasteiger partial charge in [0.2, 0.25) is 0 Å². The largest absolute Gasteiger partial charge is 0.497 e. The van der Waals surface area contributed by atoms with Crippen LogP contribution >= 0.6 is 0 Å². The van der Waals surface area contributed by atoms with E-state index in [1.165, 1.54) is 38.9 Å². The third-order valence-electron chi connectivity index (χ3n) is 6.15. The minimum absolute atomic E-state index is 0.415. The molecular weight excluding hydrogens is 432 g/mol. The molecule has 0 heterocycles. The van der Waals surface area contributed by atoms with Crippen molar-refractivity contribution in [1.82, 2.24) is 0 Å². The third-order valence-corrected chi connectivity index (χ3v) is 6.15. The second-order valence-corrected chi connectivity index (χ2v) is 8.62. The van der Waals surface area contributed by atoms with Crippen LogP contribution in [0.15, 0.2) is 110 Å². The van der Waals surface area contributed by atoms with Gasteiger partial charge in [-0.05, 0) is 55.2 Å². The first-order valence-electron chi connectivity index (χ1n) is 11.5. The Kier molecular flexibility index (Phi) is 8.27. The number of hydrogen-bond acceptors (Lipinski definition) is 2. The molecule has 0 aliphatic carbocycles. The Balaban J connectivity index is 0.000000623. The number of methoxy groups -OCH3 is 1. The van der Waals surface area contributed by atoms with E-state index >= 15 is 0 Å². The molecule has 4 aromatic rings. The van der Waals surface area contributed by atoms with Gasteiger partial charge < -0.3 is 9.84 Å². The van der Waals surface area contributed by atoms with Crippen molar-refractivity contribution in [3.8, 4) is 5.75 Å². The third kappa shape index (κ3) is 5.70. The van der Waals surface area contributed by atoms with E-state index in [2.05, 4.69) is 124 Å². The molecule has 0 radical (unpaired) electrons. The molecule has 0 spiro atoms. The van der Waals surface area contributed by atoms with Crippen LogP contribution in [-0.4, -0.2) is 18.2 Å². The molecular formula is C32H32O3. The average molecular weight is 465 g/mol. The van der Waals surface area contributed by atoms with Gasteiger partial charge in [-0.25, -0.2) is 4.79 Å². The maximum Gasteiger partial charge on any atom is 0.327 e. The van der Waals surface area contributed by atoms with Crippen LogP contribution in [0.5, 0.6) is 5.75 Å². The SMILES string of the molecule is C=CC(=O)O.COc1ccc(C(c2ccc(C)cc2)(c2ccc(C)cc2)c2ccc(C)cc2)cc1. The quantitative estimate of drug-likeness (QED) is 0.241. The van der Waals surface area contributed by atoms with Gasteiger partial charge in [0.25, 0.3) is 0 Å². The normalized spacial score (nSPS) is 10.6. The van der Waals surface area contributed by atoms with Crippen molar-refractivity contribution >= 4 is 5.97 Å². The highest BCUT2D eigenvalue weighted by molar-refractivity contribution is 5.78. The zero-order chi connectivity index (χ0) is 25.4. The second-order valence-electron chi connectivity index (χ2n) is 8.62. The number of benzene rings is 4. The Morgan fingerprint density at radius 3 is 1.14 bits per heavy atom. The molecule has 3 heteroatoms. The lowest BCUT2D eigenvalue weighted by Crippen LogP contribution is -2.31. The summed E-state index contributed by atoms with van der Waals surface area (Å²) in [6, 6.07) is 35.3. The summed E-state index contributed by atoms with van der Waals surface area (Å²) < 4.78 is 5.45. The van der Waals surface area contributed by atoms with Gasteiger partial charge in [0, 0.05) is 6.08 Å². The van der Waals surface area contributed by atoms with Gasteiger partial charge in [-0.15, -0.1) is 0 Å². The summed E-state index contributed by atoms with van der Waals surface area (Å²) in [7, 11) is 1.71. The number of ether oxygens (including phenoxy) is 1. The molecule has 4 rings (SSSR count). The predicted octanol–water partition coefficient (Wildman–Crippen LogP) is 7.26. The topological polar surface area (TPSA) is 46.5 Å². The minimum atomic E-state index is -0.981. The van der Waals surface area contributed by atoms with Crippen LogP contribution in [0.3, 0.4) is 0 Å². The van der Waals surface area contributed by atoms with E-state index in [4.69, 9.17) is 9.84 Å². The molecule has 0 saturated carbocycles. The second kappa shape index (κ2) is 11.3. The van der Waals surface area contributed by atoms with Crippen molar-refractivity contribution in [2.45, 2.75) is 26.2 Å². The molecule has 3 nitrogen and oxygen atoms in total. The zero-order valence-electron chi connectivity index (χ0n) is 20.8. The maximum atomic E-state index is 9.25. The molecule has 0 amide bonds. The Morgan fingerprint density at radius 1 is 0.657 bits per heavy atom. The highest BCUT2D eigenvalue weighted by atomic mass is 16.5. The fourth-order valence-electron chi connectivity index (χ4n) is 4.25. The summed E-state index contributed by atoms with van der Waals surface area (Å²) in [4.78, 5) is 9.25. The van der Waals surface area contributed by atoms with Crippen LogP contribution in [-0.2, 0) is 10.2 Å². The summed E-state index contributed by atoms with van der Waals surface area (Å²) in [6.07, 6.45) is 0.833. The first-order chi connectivity index (χ1) is 16.8. The van der Waals surface area contributed by atoms with Gasteiger partial charge in [0.1, 0.15) is 5.75 Å². The lowest BCUT2D eigenvalue weighted by molar-refractivity contribution is -0.131. The van der Waals surface area contributed by atoms with E-state index < -0.39 is 11.4 Å². The van der Waals surface area contributed by atoms with Gasteiger partial charge in [0.05, 0.1) is 12.5 Å². The molecule has 0 bridgehead atoms. The molecule has 178 valence electrons. The summed E-state index contributed by atoms with van der Waals surface area (Å²) in [6.45, 7) is 9.37. The fraction of sp³-hybridized carbons (Fsp3) is 0.156. The molecule has 0 aromatic heterocycles. The standard InChI is InChI=1S/C29H28O.C3H4O2/c1-21-5-11-24(12-6-21)29(25-13-7-22(2)8-14-25,26-15-9-23(3)10-16-26)27-17-19-28(30-4)20-18-27;1-2-3(4)5/h5-20H,1-4H3;2H,1H2,(H,4,5). The Hall–Kier alpha value is -4.11. The smallest absolute Gasteiger partial charge is 0.327 e. The molecule has 0 saturated heterocycles. The summed E-state index contributed by atoms with van der Waals surface area (Å²) >= 11 is 0. The van der Waals surface area contributed by atoms with Crippen molar-refractivity contribution < 1.29 is 14.6 Å². The van der Waals surface area contributed by atoms with Crippen LogP contribution in [0.2, 0.25) is 0 Å². The van der Waals surface area contributed by atoms with E-state index in [-0.39, 0.29) is 0 Å². The van der Waals surface area contributed by atoms with Crippen molar-refractivity contribution in [2.24, 2.45) is 0 Å². The van der Waals surface area contributed by atoms with Crippen molar-refractivity contribution in [2.75, 3.05) is 7.11 Å². The number of carbonyl (C=O) groups is 1. The molecule has 35 heavy (non-hydrogen) atoms. The fourth-order valence-corrected chi connectivity index (χ4v) is 4.25. The van der Waals surface area contributed by atoms with Crippen LogP contribution in [0.4, 0.5) is 0 Å². The number of rotatable bonds is 6. The Morgan fingerprint density at radius 2 is 0.914 bits per heavy atom. The maximum absolute atomic E-state index is 9.25. The Labute approximate surface area is 208 Å². The number of aliphatic carboxylic acids is 1. The van der Waals surface area contributed by atoms with Crippen LogP contribution < -0.4 is 4.74 Å². The predicted molar refractivity (Wildman–Crippen MR) is 143 cm³/mol. The van der Waals surface area contributed by atoms with Gasteiger partial charge in [0.15, 0.2) is 0 Å². The van der Waals surface area contributed by atoms with Crippen molar-refractivity contribution in [3.05, 3.63) is 149 Å². The number of carboxylic acid groups (broad SMARTS) is 1. The molecule has 0 aliphatic rings. The van der Waals surface area contributed by atoms with Crippen molar-refractivity contribution in [1.29, 1.82) is 0 Å². The zero-order valence-corrected chi connectivity index (χ0v) is 20.8. The Bertz CT molecular complexity index is 1140. The highest BCUT2D eigenvalue weighted by Crippen LogP contribution is 2.45. The van der Waals surface area contributed by atoms with Crippen LogP contribution in [0.25, 0.3) is 0 Å². The van der Waals surface area contributed by atoms with Gasteiger partial charge >= 0.3 is 5.97 Å². The average Bonchev–Trinajstić information content (AvgIpc) is 2.88. The number of aryl methyl sites for hydroxylation is 3. The lowest BCUT2D eigenvalue weighted by Gasteiger charge is -2.37. The minimum Gasteiger partial charge on any atom is -0.497 e. The molecule has 0 fully saturated rings. The highest BCUT2D eigenvalue weighted by Gasteiger charge is 2.38. The van der Waals surface area contributed by atoms with Gasteiger partial charge in [-0.2, -0.15) is 0 Å². The van der Waals surface area contributed by atoms with Crippen LogP contribution in [0.1, 0.15) is 38.9 Å². The molecule has 0 atom stereocenters. The summed E-state index contributed by atoms with van der Waals surface area (Å²) in [5.74, 6) is -0.116. The van der Waals surface area contributed by atoms with E-state index in [9.17, 15) is 4.79 Å². The van der Waals surface area contributed by atoms with Gasteiger partial charge in [-0.3, -0.25) is 0 Å². The van der Waals surface area contributed by atoms with E-state index in [1.807, 2.05) is 0 Å². The number of hydrogen-bond donors (Lipinski definition) is 1. The van der Waals surface area contributed by atoms with E-state index in [0.717, 1.165) is 11.8 Å². The van der Waals surface area contributed by atoms with Crippen LogP contribution in [0, 0.1) is 20.8 Å². The van der Waals surface area contributed by atoms with E-state index in [1.54, 1.807) is 7.11 Å². The van der Waals surface area contributed by atoms with Gasteiger partial charge in [-0.1, -0.05) is 108 Å². The molecule has 0 unspecified atom stereocenters. The summed E-state index contributed by atoms with van der Waals surface area (Å²) in [5.41, 5.74) is 8.35. The molecule has 4 aromatic carbocycles. The van der Waals surface area contributed by atoms with E-state index in [0.29, 0.717) is 0 Å². The first kappa shape index (κ1) is 25.5. The molecule has 0 aliphatic heterocycles. The number of carboxylic acids is 1. The monoisotopic (exact) mass is 464 g/mol. The van der Waals surface area contributed by atoms with Crippen molar-refractivity contribution in [3.63, 3.8) is 0 Å². The molecule has 1 N–H and O–H groups in total. The summed E-state index contributed by atoms with van der Waals surface area (Å²) in [5, 5.41) is 7.60. The first-order valence-corrected chi connectivity index (χ1v) is 11.5.